The van der Waals surface area contributed by atoms with E-state index in [1.165, 1.54) is 5.56 Å². The van der Waals surface area contributed by atoms with Gasteiger partial charge >= 0.3 is 0 Å². The topological polar surface area (TPSA) is 41.5 Å². The highest BCUT2D eigenvalue weighted by molar-refractivity contribution is 5.30. The third-order valence-corrected chi connectivity index (χ3v) is 3.00. The lowest BCUT2D eigenvalue weighted by atomic mass is 10.1. The van der Waals surface area contributed by atoms with Crippen LogP contribution in [-0.2, 0) is 0 Å². The van der Waals surface area contributed by atoms with Crippen LogP contribution in [0.1, 0.15) is 32.4 Å². The normalized spacial score (nSPS) is 14.7. The third-order valence-electron chi connectivity index (χ3n) is 3.00. The summed E-state index contributed by atoms with van der Waals surface area (Å²) in [5.41, 5.74) is 1.17. The molecule has 0 fully saturated rings. The first-order valence-electron chi connectivity index (χ1n) is 6.10. The Kier molecular flexibility index (Phi) is 5.45. The van der Waals surface area contributed by atoms with Crippen LogP contribution in [0.4, 0.5) is 0 Å². The fourth-order valence-corrected chi connectivity index (χ4v) is 1.56. The quantitative estimate of drug-likeness (QED) is 0.798. The minimum atomic E-state index is -0.303. The van der Waals surface area contributed by atoms with Crippen LogP contribution < -0.4 is 10.1 Å². The van der Waals surface area contributed by atoms with E-state index in [0.717, 1.165) is 5.75 Å². The Bertz CT molecular complexity index is 339. The number of benzene rings is 1. The maximum absolute atomic E-state index is 9.74. The fourth-order valence-electron chi connectivity index (χ4n) is 1.56. The maximum Gasteiger partial charge on any atom is 0.119 e. The predicted molar refractivity (Wildman–Crippen MR) is 70.3 cm³/mol. The van der Waals surface area contributed by atoms with E-state index in [4.69, 9.17) is 4.74 Å². The van der Waals surface area contributed by atoms with E-state index in [-0.39, 0.29) is 18.1 Å². The van der Waals surface area contributed by atoms with Crippen LogP contribution in [0.25, 0.3) is 0 Å². The van der Waals surface area contributed by atoms with Crippen molar-refractivity contribution in [3.8, 4) is 5.75 Å². The summed E-state index contributed by atoms with van der Waals surface area (Å²) in [5.74, 6) is 1.14. The molecule has 3 heteroatoms. The molecule has 2 N–H and O–H groups in total. The van der Waals surface area contributed by atoms with Crippen molar-refractivity contribution in [1.82, 2.24) is 5.32 Å². The van der Waals surface area contributed by atoms with Gasteiger partial charge in [0.05, 0.1) is 13.2 Å². The number of hydrogen-bond acceptors (Lipinski definition) is 3. The first-order valence-corrected chi connectivity index (χ1v) is 6.10. The van der Waals surface area contributed by atoms with Gasteiger partial charge in [-0.2, -0.15) is 0 Å². The fraction of sp³-hybridized carbons (Fsp3) is 0.571. The second kappa shape index (κ2) is 6.62. The number of hydrogen-bond donors (Lipinski definition) is 2. The molecule has 0 bridgehead atoms. The Balaban J connectivity index is 2.54. The van der Waals surface area contributed by atoms with Crippen molar-refractivity contribution in [2.24, 2.45) is 5.92 Å². The molecule has 0 heterocycles. The minimum Gasteiger partial charge on any atom is -0.497 e. The number of methoxy groups -OCH3 is 1. The van der Waals surface area contributed by atoms with E-state index in [1.54, 1.807) is 7.11 Å². The van der Waals surface area contributed by atoms with E-state index in [9.17, 15) is 5.11 Å². The van der Waals surface area contributed by atoms with Crippen LogP contribution in [0.2, 0.25) is 0 Å². The van der Waals surface area contributed by atoms with Crippen molar-refractivity contribution in [3.63, 3.8) is 0 Å². The summed E-state index contributed by atoms with van der Waals surface area (Å²) in [7, 11) is 1.67. The van der Waals surface area contributed by atoms with E-state index >= 15 is 0 Å². The molecule has 0 aliphatic carbocycles. The molecule has 1 unspecified atom stereocenters. The Morgan fingerprint density at radius 3 is 2.59 bits per heavy atom. The summed E-state index contributed by atoms with van der Waals surface area (Å²) >= 11 is 0. The van der Waals surface area contributed by atoms with Gasteiger partial charge in [-0.15, -0.1) is 0 Å². The standard InChI is InChI=1S/C14H23NO2/c1-10(2)14(16)9-15-11(3)12-6-5-7-13(8-12)17-4/h5-8,10-11,14-16H,9H2,1-4H3/t11-,14?/m0/s1. The lowest BCUT2D eigenvalue weighted by molar-refractivity contribution is 0.120. The highest BCUT2D eigenvalue weighted by atomic mass is 16.5. The monoisotopic (exact) mass is 237 g/mol. The average molecular weight is 237 g/mol. The number of ether oxygens (including phenoxy) is 1. The third kappa shape index (κ3) is 4.36. The van der Waals surface area contributed by atoms with Gasteiger partial charge in [0, 0.05) is 12.6 Å². The number of aliphatic hydroxyl groups is 1. The molecule has 2 atom stereocenters. The molecular formula is C14H23NO2. The average Bonchev–Trinajstić information content (AvgIpc) is 2.35. The molecule has 17 heavy (non-hydrogen) atoms. The van der Waals surface area contributed by atoms with E-state index in [2.05, 4.69) is 18.3 Å². The van der Waals surface area contributed by atoms with Gasteiger partial charge in [-0.1, -0.05) is 26.0 Å². The van der Waals surface area contributed by atoms with Crippen LogP contribution in [-0.4, -0.2) is 24.9 Å². The summed E-state index contributed by atoms with van der Waals surface area (Å²) in [6, 6.07) is 8.18. The Morgan fingerprint density at radius 1 is 1.29 bits per heavy atom. The van der Waals surface area contributed by atoms with Gasteiger partial charge in [0.15, 0.2) is 0 Å². The second-order valence-electron chi connectivity index (χ2n) is 4.72. The molecule has 0 amide bonds. The molecule has 0 aliphatic rings. The zero-order chi connectivity index (χ0) is 12.8. The van der Waals surface area contributed by atoms with Crippen LogP contribution in [0, 0.1) is 5.92 Å². The summed E-state index contributed by atoms with van der Waals surface area (Å²) in [5, 5.41) is 13.1. The van der Waals surface area contributed by atoms with E-state index in [0.29, 0.717) is 6.54 Å². The lowest BCUT2D eigenvalue weighted by Gasteiger charge is -2.20. The van der Waals surface area contributed by atoms with Crippen molar-refractivity contribution < 1.29 is 9.84 Å². The highest BCUT2D eigenvalue weighted by Gasteiger charge is 2.11. The first-order chi connectivity index (χ1) is 8.04. The maximum atomic E-state index is 9.74. The second-order valence-corrected chi connectivity index (χ2v) is 4.72. The molecule has 1 aromatic rings. The van der Waals surface area contributed by atoms with E-state index in [1.807, 2.05) is 32.0 Å². The van der Waals surface area contributed by atoms with Gasteiger partial charge in [-0.3, -0.25) is 0 Å². The Labute approximate surface area is 104 Å². The van der Waals surface area contributed by atoms with Crippen LogP contribution in [0.15, 0.2) is 24.3 Å². The van der Waals surface area contributed by atoms with Crippen LogP contribution >= 0.6 is 0 Å². The number of aliphatic hydroxyl groups excluding tert-OH is 1. The molecule has 0 radical (unpaired) electrons. The van der Waals surface area contributed by atoms with Crippen molar-refractivity contribution in [2.45, 2.75) is 32.9 Å². The molecule has 0 aliphatic heterocycles. The summed E-state index contributed by atoms with van der Waals surface area (Å²) in [4.78, 5) is 0. The van der Waals surface area contributed by atoms with Gasteiger partial charge in [0.2, 0.25) is 0 Å². The van der Waals surface area contributed by atoms with Crippen molar-refractivity contribution in [1.29, 1.82) is 0 Å². The highest BCUT2D eigenvalue weighted by Crippen LogP contribution is 2.18. The minimum absolute atomic E-state index is 0.207. The number of rotatable bonds is 6. The van der Waals surface area contributed by atoms with Gasteiger partial charge < -0.3 is 15.2 Å². The summed E-state index contributed by atoms with van der Waals surface area (Å²) in [6.45, 7) is 6.73. The molecular weight excluding hydrogens is 214 g/mol. The Hall–Kier alpha value is -1.06. The summed E-state index contributed by atoms with van der Waals surface area (Å²) in [6.07, 6.45) is -0.303. The summed E-state index contributed by atoms with van der Waals surface area (Å²) < 4.78 is 5.19. The SMILES string of the molecule is COc1cccc([C@H](C)NCC(O)C(C)C)c1. The van der Waals surface area contributed by atoms with E-state index < -0.39 is 0 Å². The largest absolute Gasteiger partial charge is 0.497 e. The molecule has 0 aromatic heterocycles. The van der Waals surface area contributed by atoms with Gasteiger partial charge in [0.25, 0.3) is 0 Å². The lowest BCUT2D eigenvalue weighted by Crippen LogP contribution is -2.32. The molecule has 0 saturated heterocycles. The number of nitrogens with one attached hydrogen (secondary N) is 1. The van der Waals surface area contributed by atoms with Gasteiger partial charge in [-0.05, 0) is 30.5 Å². The zero-order valence-electron chi connectivity index (χ0n) is 11.1. The zero-order valence-corrected chi connectivity index (χ0v) is 11.1. The van der Waals surface area contributed by atoms with Crippen molar-refractivity contribution in [2.75, 3.05) is 13.7 Å². The molecule has 96 valence electrons. The molecule has 1 rings (SSSR count). The van der Waals surface area contributed by atoms with Crippen LogP contribution in [0.5, 0.6) is 5.75 Å². The van der Waals surface area contributed by atoms with Crippen molar-refractivity contribution in [3.05, 3.63) is 29.8 Å². The molecule has 0 saturated carbocycles. The Morgan fingerprint density at radius 2 is 2.00 bits per heavy atom. The van der Waals surface area contributed by atoms with Crippen LogP contribution in [0.3, 0.4) is 0 Å². The predicted octanol–water partition coefficient (Wildman–Crippen LogP) is 2.36. The molecule has 1 aromatic carbocycles. The molecule has 3 nitrogen and oxygen atoms in total. The molecule has 0 spiro atoms. The van der Waals surface area contributed by atoms with Crippen molar-refractivity contribution >= 4 is 0 Å². The van der Waals surface area contributed by atoms with Gasteiger partial charge in [-0.25, -0.2) is 0 Å². The smallest absolute Gasteiger partial charge is 0.119 e. The first kappa shape index (κ1) is 14.0. The van der Waals surface area contributed by atoms with Gasteiger partial charge in [0.1, 0.15) is 5.75 Å².